The first kappa shape index (κ1) is 15.1. The van der Waals surface area contributed by atoms with Gasteiger partial charge in [-0.1, -0.05) is 26.8 Å². The summed E-state index contributed by atoms with van der Waals surface area (Å²) in [6, 6.07) is 8.41. The Kier molecular flexibility index (Phi) is 3.98. The van der Waals surface area contributed by atoms with Gasteiger partial charge in [0.1, 0.15) is 5.75 Å². The van der Waals surface area contributed by atoms with Gasteiger partial charge in [0.25, 0.3) is 8.32 Å². The first-order valence-corrected chi connectivity index (χ1v) is 10.1. The van der Waals surface area contributed by atoms with Crippen LogP contribution in [0.2, 0.25) is 18.1 Å². The molecule has 0 atom stereocenters. The first-order valence-electron chi connectivity index (χ1n) is 7.23. The van der Waals surface area contributed by atoms with E-state index in [1.807, 2.05) is 0 Å². The van der Waals surface area contributed by atoms with Crippen LogP contribution in [0.3, 0.4) is 0 Å². The molecule has 3 nitrogen and oxygen atoms in total. The molecule has 1 aromatic heterocycles. The van der Waals surface area contributed by atoms with Crippen LogP contribution >= 0.6 is 0 Å². The number of aromatic nitrogens is 1. The number of benzene rings is 1. The maximum atomic E-state index is 6.47. The normalized spacial score (nSPS) is 12.9. The van der Waals surface area contributed by atoms with Gasteiger partial charge in [-0.05, 0) is 36.3 Å². The van der Waals surface area contributed by atoms with E-state index < -0.39 is 8.32 Å². The van der Waals surface area contributed by atoms with Gasteiger partial charge >= 0.3 is 0 Å². The Hall–Kier alpha value is -1.26. The Morgan fingerprint density at radius 1 is 1.20 bits per heavy atom. The number of hydrogen-bond donors (Lipinski definition) is 1. The van der Waals surface area contributed by atoms with Crippen molar-refractivity contribution in [3.8, 4) is 5.75 Å². The minimum atomic E-state index is -1.81. The highest BCUT2D eigenvalue weighted by molar-refractivity contribution is 6.74. The number of nitrogens with zero attached hydrogens (tertiary/aromatic N) is 1. The van der Waals surface area contributed by atoms with Crippen LogP contribution in [0.4, 0.5) is 0 Å². The second-order valence-electron chi connectivity index (χ2n) is 6.85. The quantitative estimate of drug-likeness (QED) is 0.865. The van der Waals surface area contributed by atoms with E-state index in [1.165, 1.54) is 10.9 Å². The van der Waals surface area contributed by atoms with Crippen LogP contribution in [0, 0.1) is 0 Å². The van der Waals surface area contributed by atoms with E-state index in [0.29, 0.717) is 6.54 Å². The number of nitrogens with two attached hydrogens (primary N) is 1. The predicted octanol–water partition coefficient (Wildman–Crippen LogP) is 3.98. The Balaban J connectivity index is 2.41. The second kappa shape index (κ2) is 5.26. The zero-order chi connectivity index (χ0) is 15.0. The highest BCUT2D eigenvalue weighted by atomic mass is 28.4. The number of rotatable bonds is 4. The van der Waals surface area contributed by atoms with Crippen molar-refractivity contribution < 1.29 is 4.43 Å². The van der Waals surface area contributed by atoms with Gasteiger partial charge in [-0.15, -0.1) is 0 Å². The zero-order valence-corrected chi connectivity index (χ0v) is 14.2. The molecule has 0 aliphatic heterocycles. The molecule has 0 saturated heterocycles. The van der Waals surface area contributed by atoms with Gasteiger partial charge in [0.2, 0.25) is 0 Å². The highest BCUT2D eigenvalue weighted by Crippen LogP contribution is 2.39. The fourth-order valence-corrected chi connectivity index (χ4v) is 3.08. The molecule has 4 heteroatoms. The third-order valence-corrected chi connectivity index (χ3v) is 8.66. The summed E-state index contributed by atoms with van der Waals surface area (Å²) < 4.78 is 8.65. The van der Waals surface area contributed by atoms with E-state index in [-0.39, 0.29) is 5.04 Å². The van der Waals surface area contributed by atoms with Crippen molar-refractivity contribution in [2.75, 3.05) is 6.54 Å². The maximum Gasteiger partial charge on any atom is 0.250 e. The molecule has 0 bridgehead atoms. The van der Waals surface area contributed by atoms with Crippen molar-refractivity contribution in [1.82, 2.24) is 4.57 Å². The summed E-state index contributed by atoms with van der Waals surface area (Å²) in [6.45, 7) is 12.8. The SMILES string of the molecule is CC(C)(C)[Si](C)(C)Oc1cccc2c1ccn2CCN. The summed E-state index contributed by atoms with van der Waals surface area (Å²) in [7, 11) is -1.81. The fourth-order valence-electron chi connectivity index (χ4n) is 2.05. The Bertz CT molecular complexity index is 596. The third-order valence-electron chi connectivity index (χ3n) is 4.31. The zero-order valence-electron chi connectivity index (χ0n) is 13.2. The maximum absolute atomic E-state index is 6.47. The largest absolute Gasteiger partial charge is 0.543 e. The average molecular weight is 290 g/mol. The molecule has 0 amide bonds. The van der Waals surface area contributed by atoms with Gasteiger partial charge in [0.15, 0.2) is 0 Å². The standard InChI is InChI=1S/C16H26N2OSi/c1-16(2,3)20(4,5)19-15-8-6-7-14-13(15)9-11-18(14)12-10-17/h6-9,11H,10,12,17H2,1-5H3. The van der Waals surface area contributed by atoms with Crippen molar-refractivity contribution in [1.29, 1.82) is 0 Å². The van der Waals surface area contributed by atoms with Crippen LogP contribution in [0.1, 0.15) is 20.8 Å². The van der Waals surface area contributed by atoms with E-state index in [4.69, 9.17) is 10.2 Å². The molecule has 2 N–H and O–H groups in total. The first-order chi connectivity index (χ1) is 9.26. The fraction of sp³-hybridized carbons (Fsp3) is 0.500. The smallest absolute Gasteiger partial charge is 0.250 e. The van der Waals surface area contributed by atoms with Gasteiger partial charge in [-0.3, -0.25) is 0 Å². The van der Waals surface area contributed by atoms with Crippen molar-refractivity contribution in [2.45, 2.75) is 45.4 Å². The van der Waals surface area contributed by atoms with E-state index in [0.717, 1.165) is 12.3 Å². The molecule has 0 spiro atoms. The monoisotopic (exact) mass is 290 g/mol. The molecule has 0 unspecified atom stereocenters. The van der Waals surface area contributed by atoms with E-state index in [9.17, 15) is 0 Å². The van der Waals surface area contributed by atoms with Crippen LogP contribution in [0.5, 0.6) is 5.75 Å². The van der Waals surface area contributed by atoms with Gasteiger partial charge < -0.3 is 14.7 Å². The van der Waals surface area contributed by atoms with Crippen LogP contribution in [-0.4, -0.2) is 19.4 Å². The molecule has 2 rings (SSSR count). The third kappa shape index (κ3) is 2.76. The molecule has 0 fully saturated rings. The summed E-state index contributed by atoms with van der Waals surface area (Å²) in [5, 5.41) is 1.39. The topological polar surface area (TPSA) is 40.2 Å². The van der Waals surface area contributed by atoms with Crippen molar-refractivity contribution in [3.05, 3.63) is 30.5 Å². The molecule has 2 aromatic rings. The van der Waals surface area contributed by atoms with Gasteiger partial charge in [0, 0.05) is 24.7 Å². The van der Waals surface area contributed by atoms with Crippen molar-refractivity contribution in [3.63, 3.8) is 0 Å². The summed E-state index contributed by atoms with van der Waals surface area (Å²) in [6.07, 6.45) is 2.09. The molecule has 0 aliphatic rings. The molecule has 0 saturated carbocycles. The van der Waals surface area contributed by atoms with Crippen molar-refractivity contribution in [2.24, 2.45) is 5.73 Å². The summed E-state index contributed by atoms with van der Waals surface area (Å²) in [5.41, 5.74) is 6.86. The Morgan fingerprint density at radius 3 is 2.50 bits per heavy atom. The Labute approximate surface area is 122 Å². The average Bonchev–Trinajstić information content (AvgIpc) is 2.72. The molecule has 1 aromatic carbocycles. The van der Waals surface area contributed by atoms with Crippen LogP contribution in [0.25, 0.3) is 10.9 Å². The lowest BCUT2D eigenvalue weighted by Crippen LogP contribution is -2.43. The molecule has 0 radical (unpaired) electrons. The lowest BCUT2D eigenvalue weighted by Gasteiger charge is -2.36. The minimum Gasteiger partial charge on any atom is -0.543 e. The van der Waals surface area contributed by atoms with Crippen molar-refractivity contribution >= 4 is 19.2 Å². The predicted molar refractivity (Wildman–Crippen MR) is 88.8 cm³/mol. The van der Waals surface area contributed by atoms with Crippen LogP contribution in [-0.2, 0) is 6.54 Å². The minimum absolute atomic E-state index is 0.203. The number of hydrogen-bond acceptors (Lipinski definition) is 2. The van der Waals surface area contributed by atoms with Gasteiger partial charge in [0.05, 0.1) is 5.52 Å². The van der Waals surface area contributed by atoms with Gasteiger partial charge in [-0.2, -0.15) is 0 Å². The lowest BCUT2D eigenvalue weighted by molar-refractivity contribution is 0.496. The molecule has 1 heterocycles. The van der Waals surface area contributed by atoms with Crippen LogP contribution in [0.15, 0.2) is 30.5 Å². The molecule has 20 heavy (non-hydrogen) atoms. The van der Waals surface area contributed by atoms with Crippen LogP contribution < -0.4 is 10.2 Å². The molecular formula is C16H26N2OSi. The molecule has 110 valence electrons. The molecule has 0 aliphatic carbocycles. The van der Waals surface area contributed by atoms with Gasteiger partial charge in [-0.25, -0.2) is 0 Å². The molecular weight excluding hydrogens is 264 g/mol. The Morgan fingerprint density at radius 2 is 1.90 bits per heavy atom. The van der Waals surface area contributed by atoms with E-state index in [1.54, 1.807) is 0 Å². The summed E-state index contributed by atoms with van der Waals surface area (Å²) in [5.74, 6) is 1.00. The summed E-state index contributed by atoms with van der Waals surface area (Å²) in [4.78, 5) is 0. The highest BCUT2D eigenvalue weighted by Gasteiger charge is 2.39. The lowest BCUT2D eigenvalue weighted by atomic mass is 10.2. The second-order valence-corrected chi connectivity index (χ2v) is 11.6. The summed E-state index contributed by atoms with van der Waals surface area (Å²) >= 11 is 0. The van der Waals surface area contributed by atoms with E-state index in [2.05, 4.69) is 68.9 Å². The van der Waals surface area contributed by atoms with E-state index >= 15 is 0 Å². The number of fused-ring (bicyclic) bond motifs is 1.